The van der Waals surface area contributed by atoms with Gasteiger partial charge in [-0.25, -0.2) is 4.57 Å². The highest BCUT2D eigenvalue weighted by Gasteiger charge is 2.36. The lowest BCUT2D eigenvalue weighted by molar-refractivity contribution is -0.671. The largest absolute Gasteiger partial charge is 0.457 e. The molecule has 1 saturated carbocycles. The third kappa shape index (κ3) is 8.67. The average Bonchev–Trinajstić information content (AvgIpc) is 2.88. The minimum Gasteiger partial charge on any atom is -0.457 e. The normalized spacial score (nSPS) is 14.8. The Kier molecular flexibility index (Phi) is 11.3. The molecular formula is C28H38Cl2N3O3+. The van der Waals surface area contributed by atoms with Crippen LogP contribution >= 0.6 is 23.2 Å². The number of nitrogens with one attached hydrogen (secondary N) is 1. The van der Waals surface area contributed by atoms with Crippen LogP contribution in [0.3, 0.4) is 0 Å². The number of aryl methyl sites for hydroxylation is 2. The standard InChI is InChI=1S/C28H37Cl2N3O3/c1-32-18-6-8-24(21-32)27(35)31-22-28(14-3-2-4-15-28)36-26(34)9-5-7-23-10-12-25(13-11-23)33(19-16-29)20-17-30/h6,8,10-13,18,21H,2-5,7,9,14-17,19-20,22H2,1H3/p+1. The summed E-state index contributed by atoms with van der Waals surface area (Å²) in [4.78, 5) is 27.6. The summed E-state index contributed by atoms with van der Waals surface area (Å²) in [5, 5.41) is 3.01. The van der Waals surface area contributed by atoms with Crippen molar-refractivity contribution in [1.82, 2.24) is 5.32 Å². The highest BCUT2D eigenvalue weighted by molar-refractivity contribution is 6.18. The first-order valence-corrected chi connectivity index (χ1v) is 13.9. The first-order valence-electron chi connectivity index (χ1n) is 12.9. The van der Waals surface area contributed by atoms with E-state index in [0.29, 0.717) is 36.7 Å². The van der Waals surface area contributed by atoms with Gasteiger partial charge < -0.3 is 15.0 Å². The molecule has 6 nitrogen and oxygen atoms in total. The van der Waals surface area contributed by atoms with Gasteiger partial charge in [0.2, 0.25) is 0 Å². The molecule has 8 heteroatoms. The molecule has 36 heavy (non-hydrogen) atoms. The molecule has 1 aromatic carbocycles. The number of benzene rings is 1. The molecule has 0 spiro atoms. The van der Waals surface area contributed by atoms with Crippen LogP contribution < -0.4 is 14.8 Å². The van der Waals surface area contributed by atoms with Gasteiger partial charge in [0.15, 0.2) is 12.4 Å². The van der Waals surface area contributed by atoms with E-state index in [9.17, 15) is 9.59 Å². The van der Waals surface area contributed by atoms with E-state index < -0.39 is 5.60 Å². The molecule has 1 aromatic heterocycles. The van der Waals surface area contributed by atoms with Crippen LogP contribution in [0.1, 0.15) is 60.9 Å². The van der Waals surface area contributed by atoms with Crippen LogP contribution in [-0.4, -0.2) is 48.9 Å². The highest BCUT2D eigenvalue weighted by atomic mass is 35.5. The molecule has 3 rings (SSSR count). The van der Waals surface area contributed by atoms with Crippen molar-refractivity contribution < 1.29 is 18.9 Å². The van der Waals surface area contributed by atoms with E-state index >= 15 is 0 Å². The van der Waals surface area contributed by atoms with Crippen molar-refractivity contribution in [3.63, 3.8) is 0 Å². The number of carbonyl (C=O) groups excluding carboxylic acids is 2. The number of esters is 1. The van der Waals surface area contributed by atoms with Crippen LogP contribution in [-0.2, 0) is 23.0 Å². The second-order valence-corrected chi connectivity index (χ2v) is 10.3. The molecule has 1 amide bonds. The van der Waals surface area contributed by atoms with E-state index in [0.717, 1.165) is 57.3 Å². The van der Waals surface area contributed by atoms with E-state index in [2.05, 4.69) is 34.5 Å². The number of halogens is 2. The Morgan fingerprint density at radius 2 is 1.75 bits per heavy atom. The number of ether oxygens (including phenoxy) is 1. The van der Waals surface area contributed by atoms with E-state index in [1.54, 1.807) is 12.3 Å². The van der Waals surface area contributed by atoms with Crippen molar-refractivity contribution in [3.05, 3.63) is 59.9 Å². The van der Waals surface area contributed by atoms with Crippen molar-refractivity contribution in [3.8, 4) is 0 Å². The van der Waals surface area contributed by atoms with Crippen molar-refractivity contribution in [2.45, 2.75) is 57.0 Å². The van der Waals surface area contributed by atoms with Crippen molar-refractivity contribution in [1.29, 1.82) is 0 Å². The minimum atomic E-state index is -0.613. The smallest absolute Gasteiger partial charge is 0.306 e. The first-order chi connectivity index (χ1) is 17.4. The summed E-state index contributed by atoms with van der Waals surface area (Å²) >= 11 is 11.8. The molecule has 0 atom stereocenters. The van der Waals surface area contributed by atoms with Crippen LogP contribution in [0.5, 0.6) is 0 Å². The summed E-state index contributed by atoms with van der Waals surface area (Å²) < 4.78 is 7.88. The molecule has 0 radical (unpaired) electrons. The van der Waals surface area contributed by atoms with E-state index in [1.165, 1.54) is 5.56 Å². The van der Waals surface area contributed by atoms with Crippen LogP contribution in [0.2, 0.25) is 0 Å². The Labute approximate surface area is 224 Å². The molecule has 0 unspecified atom stereocenters. The van der Waals surface area contributed by atoms with Crippen molar-refractivity contribution in [2.75, 3.05) is 36.3 Å². The SMILES string of the molecule is C[n+]1cccc(C(=O)NCC2(OC(=O)CCCc3ccc(N(CCCl)CCCl)cc3)CCCCC2)c1. The molecule has 1 heterocycles. The number of hydrogen-bond acceptors (Lipinski definition) is 4. The van der Waals surface area contributed by atoms with E-state index in [4.69, 9.17) is 27.9 Å². The number of carbonyl (C=O) groups is 2. The van der Waals surface area contributed by atoms with Gasteiger partial charge in [-0.05, 0) is 62.3 Å². The summed E-state index contributed by atoms with van der Waals surface area (Å²) in [7, 11) is 1.88. The number of pyridine rings is 1. The number of alkyl halides is 2. The molecular weight excluding hydrogens is 497 g/mol. The molecule has 1 fully saturated rings. The summed E-state index contributed by atoms with van der Waals surface area (Å²) in [6, 6.07) is 12.0. The lowest BCUT2D eigenvalue weighted by atomic mass is 9.84. The Balaban J connectivity index is 1.49. The fourth-order valence-electron chi connectivity index (χ4n) is 4.75. The number of nitrogens with zero attached hydrogens (tertiary/aromatic N) is 2. The third-order valence-corrected chi connectivity index (χ3v) is 7.06. The van der Waals surface area contributed by atoms with Gasteiger partial charge >= 0.3 is 5.97 Å². The maximum absolute atomic E-state index is 12.8. The van der Waals surface area contributed by atoms with Gasteiger partial charge in [0.1, 0.15) is 18.2 Å². The minimum absolute atomic E-state index is 0.147. The van der Waals surface area contributed by atoms with Crippen LogP contribution in [0.15, 0.2) is 48.8 Å². The predicted molar refractivity (Wildman–Crippen MR) is 145 cm³/mol. The molecule has 0 aliphatic heterocycles. The van der Waals surface area contributed by atoms with Crippen LogP contribution in [0, 0.1) is 0 Å². The summed E-state index contributed by atoms with van der Waals surface area (Å²) in [6.45, 7) is 1.86. The number of amides is 1. The van der Waals surface area contributed by atoms with Crippen molar-refractivity contribution in [2.24, 2.45) is 7.05 Å². The quantitative estimate of drug-likeness (QED) is 0.228. The van der Waals surface area contributed by atoms with Crippen LogP contribution in [0.25, 0.3) is 0 Å². The zero-order chi connectivity index (χ0) is 25.8. The molecule has 2 aromatic rings. The van der Waals surface area contributed by atoms with Gasteiger partial charge in [-0.3, -0.25) is 9.59 Å². The maximum Gasteiger partial charge on any atom is 0.306 e. The fourth-order valence-corrected chi connectivity index (χ4v) is 5.16. The Hall–Kier alpha value is -2.31. The van der Waals surface area contributed by atoms with E-state index in [-0.39, 0.29) is 11.9 Å². The van der Waals surface area contributed by atoms with Gasteiger partial charge in [0.25, 0.3) is 5.91 Å². The number of aromatic nitrogens is 1. The van der Waals surface area contributed by atoms with Gasteiger partial charge in [0, 0.05) is 43.0 Å². The zero-order valence-electron chi connectivity index (χ0n) is 21.2. The Morgan fingerprint density at radius 3 is 2.39 bits per heavy atom. The fraction of sp³-hybridized carbons (Fsp3) is 0.536. The second kappa shape index (κ2) is 14.4. The van der Waals surface area contributed by atoms with Crippen LogP contribution in [0.4, 0.5) is 5.69 Å². The average molecular weight is 536 g/mol. The lowest BCUT2D eigenvalue weighted by Crippen LogP contribution is -2.48. The van der Waals surface area contributed by atoms with Gasteiger partial charge in [-0.15, -0.1) is 23.2 Å². The number of anilines is 1. The summed E-state index contributed by atoms with van der Waals surface area (Å²) in [6.07, 6.45) is 10.2. The van der Waals surface area contributed by atoms with Gasteiger partial charge in [-0.1, -0.05) is 18.6 Å². The Bertz CT molecular complexity index is 972. The Morgan fingerprint density at radius 1 is 1.06 bits per heavy atom. The first kappa shape index (κ1) is 28.3. The van der Waals surface area contributed by atoms with Gasteiger partial charge in [-0.2, -0.15) is 0 Å². The number of hydrogen-bond donors (Lipinski definition) is 1. The summed E-state index contributed by atoms with van der Waals surface area (Å²) in [5.41, 5.74) is 2.26. The zero-order valence-corrected chi connectivity index (χ0v) is 22.7. The van der Waals surface area contributed by atoms with E-state index in [1.807, 2.05) is 23.9 Å². The second-order valence-electron chi connectivity index (χ2n) is 9.54. The topological polar surface area (TPSA) is 62.5 Å². The monoisotopic (exact) mass is 534 g/mol. The number of rotatable bonds is 13. The molecule has 196 valence electrons. The maximum atomic E-state index is 12.8. The highest BCUT2D eigenvalue weighted by Crippen LogP contribution is 2.32. The molecule has 1 aliphatic carbocycles. The molecule has 0 saturated heterocycles. The lowest BCUT2D eigenvalue weighted by Gasteiger charge is -2.37. The molecule has 1 N–H and O–H groups in total. The molecule has 0 bridgehead atoms. The third-order valence-electron chi connectivity index (χ3n) is 6.72. The summed E-state index contributed by atoms with van der Waals surface area (Å²) in [5.74, 6) is 0.768. The predicted octanol–water partition coefficient (Wildman–Crippen LogP) is 4.79. The van der Waals surface area contributed by atoms with Gasteiger partial charge in [0.05, 0.1) is 6.54 Å². The molecule has 1 aliphatic rings. The van der Waals surface area contributed by atoms with Crippen molar-refractivity contribution >= 4 is 40.8 Å².